The largest absolute Gasteiger partial charge is 0.495 e. The lowest BCUT2D eigenvalue weighted by Crippen LogP contribution is -2.45. The number of ether oxygens (including phenoxy) is 1. The van der Waals surface area contributed by atoms with Gasteiger partial charge < -0.3 is 10.1 Å². The van der Waals surface area contributed by atoms with E-state index >= 15 is 0 Å². The van der Waals surface area contributed by atoms with Crippen LogP contribution in [0.3, 0.4) is 0 Å². The predicted octanol–water partition coefficient (Wildman–Crippen LogP) is 4.50. The standard InChI is InChI=1S/C20H26N2O2/c1-3-14-9-15-5-4-8-20(11-14,12-15)19(23)22-17-7-6-16(13-21)18(10-17)24-2/h6-7,10,14-15H,3-5,8-9,11-12H2,1-2H3,(H,22,23). The highest BCUT2D eigenvalue weighted by Gasteiger charge is 2.47. The molecule has 2 bridgehead atoms. The maximum absolute atomic E-state index is 13.1. The van der Waals surface area contributed by atoms with Gasteiger partial charge >= 0.3 is 0 Å². The number of anilines is 1. The van der Waals surface area contributed by atoms with Crippen molar-refractivity contribution in [1.82, 2.24) is 0 Å². The van der Waals surface area contributed by atoms with Crippen LogP contribution < -0.4 is 10.1 Å². The molecule has 0 aliphatic heterocycles. The number of amides is 1. The molecule has 0 radical (unpaired) electrons. The van der Waals surface area contributed by atoms with Crippen molar-refractivity contribution in [2.45, 2.75) is 51.9 Å². The highest BCUT2D eigenvalue weighted by atomic mass is 16.5. The Labute approximate surface area is 144 Å². The van der Waals surface area contributed by atoms with Crippen molar-refractivity contribution < 1.29 is 9.53 Å². The Morgan fingerprint density at radius 1 is 1.46 bits per heavy atom. The van der Waals surface area contributed by atoms with Gasteiger partial charge in [0.1, 0.15) is 11.8 Å². The second-order valence-corrected chi connectivity index (χ2v) is 7.44. The van der Waals surface area contributed by atoms with E-state index in [1.807, 2.05) is 0 Å². The summed E-state index contributed by atoms with van der Waals surface area (Å²) in [6.45, 7) is 2.24. The fourth-order valence-electron chi connectivity index (χ4n) is 4.71. The molecule has 4 nitrogen and oxygen atoms in total. The molecular formula is C20H26N2O2. The van der Waals surface area contributed by atoms with Crippen LogP contribution in [-0.4, -0.2) is 13.0 Å². The Morgan fingerprint density at radius 3 is 3.00 bits per heavy atom. The number of hydrogen-bond donors (Lipinski definition) is 1. The smallest absolute Gasteiger partial charge is 0.230 e. The monoisotopic (exact) mass is 326 g/mol. The molecule has 3 rings (SSSR count). The lowest BCUT2D eigenvalue weighted by molar-refractivity contribution is -0.132. The van der Waals surface area contributed by atoms with Gasteiger partial charge in [0, 0.05) is 11.8 Å². The summed E-state index contributed by atoms with van der Waals surface area (Å²) in [4.78, 5) is 13.1. The van der Waals surface area contributed by atoms with E-state index in [9.17, 15) is 4.79 Å². The molecule has 2 aliphatic carbocycles. The van der Waals surface area contributed by atoms with E-state index in [-0.39, 0.29) is 11.3 Å². The lowest BCUT2D eigenvalue weighted by atomic mass is 9.58. The zero-order valence-corrected chi connectivity index (χ0v) is 14.6. The fourth-order valence-corrected chi connectivity index (χ4v) is 4.71. The second kappa shape index (κ2) is 6.84. The van der Waals surface area contributed by atoms with Crippen molar-refractivity contribution in [3.63, 3.8) is 0 Å². The van der Waals surface area contributed by atoms with Crippen LogP contribution in [0, 0.1) is 28.6 Å². The molecule has 1 amide bonds. The van der Waals surface area contributed by atoms with Gasteiger partial charge in [0.05, 0.1) is 18.1 Å². The normalized spacial score (nSPS) is 28.7. The van der Waals surface area contributed by atoms with Gasteiger partial charge in [-0.3, -0.25) is 4.79 Å². The maximum Gasteiger partial charge on any atom is 0.230 e. The average Bonchev–Trinajstić information content (AvgIpc) is 2.61. The Hall–Kier alpha value is -2.02. The number of benzene rings is 1. The van der Waals surface area contributed by atoms with Crippen LogP contribution in [0.1, 0.15) is 57.4 Å². The van der Waals surface area contributed by atoms with E-state index in [1.165, 1.54) is 12.8 Å². The van der Waals surface area contributed by atoms with Gasteiger partial charge in [0.15, 0.2) is 0 Å². The number of hydrogen-bond acceptors (Lipinski definition) is 3. The quantitative estimate of drug-likeness (QED) is 0.886. The Balaban J connectivity index is 1.80. The van der Waals surface area contributed by atoms with Gasteiger partial charge in [0.2, 0.25) is 5.91 Å². The van der Waals surface area contributed by atoms with Gasteiger partial charge in [-0.1, -0.05) is 26.2 Å². The SMILES string of the molecule is CCC1CC2CCCC(C(=O)Nc3ccc(C#N)c(OC)c3)(C1)C2. The molecule has 1 N–H and O–H groups in total. The number of methoxy groups -OCH3 is 1. The number of nitriles is 1. The summed E-state index contributed by atoms with van der Waals surface area (Å²) in [5.74, 6) is 2.03. The highest BCUT2D eigenvalue weighted by Crippen LogP contribution is 2.52. The molecule has 1 aromatic rings. The summed E-state index contributed by atoms with van der Waals surface area (Å²) in [7, 11) is 1.54. The number of carbonyl (C=O) groups excluding carboxylic acids is 1. The van der Waals surface area contributed by atoms with Gasteiger partial charge in [-0.2, -0.15) is 5.26 Å². The second-order valence-electron chi connectivity index (χ2n) is 7.44. The van der Waals surface area contributed by atoms with Crippen LogP contribution in [0.25, 0.3) is 0 Å². The minimum atomic E-state index is -0.205. The number of carbonyl (C=O) groups is 1. The van der Waals surface area contributed by atoms with E-state index in [0.29, 0.717) is 28.8 Å². The van der Waals surface area contributed by atoms with Gasteiger partial charge in [-0.05, 0) is 49.7 Å². The molecule has 0 aromatic heterocycles. The molecule has 2 saturated carbocycles. The summed E-state index contributed by atoms with van der Waals surface area (Å²) in [6, 6.07) is 7.33. The van der Waals surface area contributed by atoms with Crippen LogP contribution in [0.2, 0.25) is 0 Å². The molecule has 3 unspecified atom stereocenters. The zero-order chi connectivity index (χ0) is 17.2. The van der Waals surface area contributed by atoms with Crippen LogP contribution in [-0.2, 0) is 4.79 Å². The molecule has 128 valence electrons. The van der Waals surface area contributed by atoms with Gasteiger partial charge in [-0.15, -0.1) is 0 Å². The molecule has 2 aliphatic rings. The van der Waals surface area contributed by atoms with Crippen molar-refractivity contribution in [2.75, 3.05) is 12.4 Å². The molecular weight excluding hydrogens is 300 g/mol. The molecule has 3 atom stereocenters. The number of rotatable bonds is 4. The Kier molecular flexibility index (Phi) is 4.80. The number of nitrogens with zero attached hydrogens (tertiary/aromatic N) is 1. The van der Waals surface area contributed by atoms with E-state index in [2.05, 4.69) is 18.3 Å². The number of nitrogens with one attached hydrogen (secondary N) is 1. The summed E-state index contributed by atoms with van der Waals surface area (Å²) in [5.41, 5.74) is 0.990. The molecule has 4 heteroatoms. The topological polar surface area (TPSA) is 62.1 Å². The van der Waals surface area contributed by atoms with Crippen LogP contribution in [0.15, 0.2) is 18.2 Å². The zero-order valence-electron chi connectivity index (χ0n) is 14.6. The molecule has 0 saturated heterocycles. The van der Waals surface area contributed by atoms with E-state index in [1.54, 1.807) is 25.3 Å². The summed E-state index contributed by atoms with van der Waals surface area (Å²) >= 11 is 0. The fraction of sp³-hybridized carbons (Fsp3) is 0.600. The third-order valence-corrected chi connectivity index (χ3v) is 5.93. The minimum Gasteiger partial charge on any atom is -0.495 e. The molecule has 0 spiro atoms. The third kappa shape index (κ3) is 3.13. The lowest BCUT2D eigenvalue weighted by Gasteiger charge is -2.47. The van der Waals surface area contributed by atoms with Crippen molar-refractivity contribution in [2.24, 2.45) is 17.3 Å². The van der Waals surface area contributed by atoms with E-state index in [0.717, 1.165) is 32.1 Å². The van der Waals surface area contributed by atoms with Crippen molar-refractivity contribution in [1.29, 1.82) is 5.26 Å². The summed E-state index contributed by atoms with van der Waals surface area (Å²) < 4.78 is 5.24. The molecule has 1 aromatic carbocycles. The van der Waals surface area contributed by atoms with E-state index < -0.39 is 0 Å². The predicted molar refractivity (Wildman–Crippen MR) is 93.7 cm³/mol. The first-order valence-corrected chi connectivity index (χ1v) is 9.00. The Morgan fingerprint density at radius 2 is 2.29 bits per heavy atom. The van der Waals surface area contributed by atoms with Crippen LogP contribution in [0.5, 0.6) is 5.75 Å². The first kappa shape index (κ1) is 16.8. The van der Waals surface area contributed by atoms with Crippen molar-refractivity contribution in [3.05, 3.63) is 23.8 Å². The summed E-state index contributed by atoms with van der Waals surface area (Å²) in [5, 5.41) is 12.2. The maximum atomic E-state index is 13.1. The highest BCUT2D eigenvalue weighted by molar-refractivity contribution is 5.95. The van der Waals surface area contributed by atoms with Crippen LogP contribution in [0.4, 0.5) is 5.69 Å². The van der Waals surface area contributed by atoms with Crippen molar-refractivity contribution in [3.8, 4) is 11.8 Å². The molecule has 2 fully saturated rings. The molecule has 24 heavy (non-hydrogen) atoms. The van der Waals surface area contributed by atoms with Crippen molar-refractivity contribution >= 4 is 11.6 Å². The van der Waals surface area contributed by atoms with Gasteiger partial charge in [-0.25, -0.2) is 0 Å². The van der Waals surface area contributed by atoms with Gasteiger partial charge in [0.25, 0.3) is 0 Å². The van der Waals surface area contributed by atoms with E-state index in [4.69, 9.17) is 10.00 Å². The number of fused-ring (bicyclic) bond motifs is 2. The third-order valence-electron chi connectivity index (χ3n) is 5.93. The first-order chi connectivity index (χ1) is 11.6. The van der Waals surface area contributed by atoms with Crippen LogP contribution >= 0.6 is 0 Å². The summed E-state index contributed by atoms with van der Waals surface area (Å²) in [6.07, 6.45) is 7.93. The average molecular weight is 326 g/mol. The minimum absolute atomic E-state index is 0.150. The Bertz CT molecular complexity index is 664. The first-order valence-electron chi connectivity index (χ1n) is 9.00. The molecule has 0 heterocycles.